The lowest BCUT2D eigenvalue weighted by Crippen LogP contribution is -2.42. The summed E-state index contributed by atoms with van der Waals surface area (Å²) in [6.07, 6.45) is 0.835. The zero-order valence-electron chi connectivity index (χ0n) is 19.7. The fourth-order valence-electron chi connectivity index (χ4n) is 4.59. The Morgan fingerprint density at radius 2 is 1.49 bits per heavy atom. The molecule has 3 aromatic rings. The first-order valence-corrected chi connectivity index (χ1v) is 11.5. The molecule has 1 fully saturated rings. The number of hydrogen-bond donors (Lipinski definition) is 1. The lowest BCUT2D eigenvalue weighted by atomic mass is 10.0. The first kappa shape index (κ1) is 24.4. The van der Waals surface area contributed by atoms with Gasteiger partial charge in [0, 0.05) is 5.02 Å². The molecule has 35 heavy (non-hydrogen) atoms. The van der Waals surface area contributed by atoms with Crippen molar-refractivity contribution in [3.63, 3.8) is 0 Å². The van der Waals surface area contributed by atoms with Crippen molar-refractivity contribution in [3.8, 4) is 28.4 Å². The highest BCUT2D eigenvalue weighted by molar-refractivity contribution is 6.31. The Bertz CT molecular complexity index is 1260. The van der Waals surface area contributed by atoms with Gasteiger partial charge in [0.1, 0.15) is 11.8 Å². The minimum absolute atomic E-state index is 0.280. The molecule has 1 amide bonds. The van der Waals surface area contributed by atoms with E-state index in [1.54, 1.807) is 50.6 Å². The Labute approximate surface area is 208 Å². The molecule has 8 heteroatoms. The maximum Gasteiger partial charge on any atom is 0.326 e. The van der Waals surface area contributed by atoms with Crippen LogP contribution in [0.5, 0.6) is 17.2 Å². The second kappa shape index (κ2) is 10.3. The summed E-state index contributed by atoms with van der Waals surface area (Å²) in [5, 5.41) is 10.3. The third-order valence-corrected chi connectivity index (χ3v) is 6.66. The Morgan fingerprint density at radius 3 is 2.11 bits per heavy atom. The average Bonchev–Trinajstić information content (AvgIpc) is 3.33. The van der Waals surface area contributed by atoms with Crippen molar-refractivity contribution >= 4 is 23.5 Å². The number of carbonyl (C=O) groups is 2. The summed E-state index contributed by atoms with van der Waals surface area (Å²) in [7, 11) is 4.61. The molecule has 4 rings (SSSR count). The zero-order valence-corrected chi connectivity index (χ0v) is 20.4. The molecule has 3 aromatic carbocycles. The van der Waals surface area contributed by atoms with Crippen molar-refractivity contribution in [2.45, 2.75) is 24.9 Å². The van der Waals surface area contributed by atoms with E-state index in [-0.39, 0.29) is 5.56 Å². The van der Waals surface area contributed by atoms with Gasteiger partial charge in [-0.15, -0.1) is 0 Å². The molecule has 0 unspecified atom stereocenters. The first-order valence-electron chi connectivity index (χ1n) is 11.1. The molecular formula is C27H26ClNO6. The lowest BCUT2D eigenvalue weighted by molar-refractivity contribution is -0.141. The molecule has 182 valence electrons. The van der Waals surface area contributed by atoms with Crippen LogP contribution in [0.3, 0.4) is 0 Å². The number of amides is 1. The van der Waals surface area contributed by atoms with Crippen LogP contribution in [0.25, 0.3) is 11.1 Å². The van der Waals surface area contributed by atoms with Crippen LogP contribution in [0.15, 0.2) is 60.7 Å². The van der Waals surface area contributed by atoms with Crippen LogP contribution in [0, 0.1) is 0 Å². The Hall–Kier alpha value is -3.71. The van der Waals surface area contributed by atoms with Crippen molar-refractivity contribution in [1.29, 1.82) is 0 Å². The number of likely N-dealkylation sites (tertiary alicyclic amines) is 1. The third-order valence-electron chi connectivity index (χ3n) is 6.32. The predicted molar refractivity (Wildman–Crippen MR) is 133 cm³/mol. The summed E-state index contributed by atoms with van der Waals surface area (Å²) in [6.45, 7) is 0. The molecule has 2 atom stereocenters. The van der Waals surface area contributed by atoms with E-state index < -0.39 is 24.0 Å². The fraction of sp³-hybridized carbons (Fsp3) is 0.259. The summed E-state index contributed by atoms with van der Waals surface area (Å²) in [5.41, 5.74) is 2.66. The van der Waals surface area contributed by atoms with Gasteiger partial charge in [-0.2, -0.15) is 0 Å². The molecule has 0 aliphatic carbocycles. The largest absolute Gasteiger partial charge is 0.496 e. The first-order chi connectivity index (χ1) is 16.9. The second-order valence-corrected chi connectivity index (χ2v) is 8.57. The third kappa shape index (κ3) is 4.64. The molecule has 1 N–H and O–H groups in total. The quantitative estimate of drug-likeness (QED) is 0.468. The van der Waals surface area contributed by atoms with E-state index in [0.717, 1.165) is 16.7 Å². The number of rotatable bonds is 7. The van der Waals surface area contributed by atoms with Crippen molar-refractivity contribution in [3.05, 3.63) is 76.8 Å². The predicted octanol–water partition coefficient (Wildman–Crippen LogP) is 5.46. The van der Waals surface area contributed by atoms with E-state index in [9.17, 15) is 14.7 Å². The van der Waals surface area contributed by atoms with E-state index in [2.05, 4.69) is 0 Å². The van der Waals surface area contributed by atoms with E-state index in [4.69, 9.17) is 25.8 Å². The Balaban J connectivity index is 1.73. The fourth-order valence-corrected chi connectivity index (χ4v) is 4.85. The molecule has 7 nitrogen and oxygen atoms in total. The van der Waals surface area contributed by atoms with E-state index in [0.29, 0.717) is 35.1 Å². The van der Waals surface area contributed by atoms with Gasteiger partial charge in [-0.05, 0) is 59.9 Å². The Kier molecular flexibility index (Phi) is 7.17. The maximum atomic E-state index is 13.8. The summed E-state index contributed by atoms with van der Waals surface area (Å²) in [5.74, 6) is 0.0584. The van der Waals surface area contributed by atoms with Gasteiger partial charge in [-0.1, -0.05) is 41.9 Å². The van der Waals surface area contributed by atoms with Gasteiger partial charge in [0.2, 0.25) is 0 Å². The SMILES string of the molecule is COc1ccc(-c2ccc(C(=O)N3[C@@H](c4ccccc4Cl)CC[C@H]3C(=O)O)c(OC)c2)cc1OC. The maximum absolute atomic E-state index is 13.8. The lowest BCUT2D eigenvalue weighted by Gasteiger charge is -2.30. The van der Waals surface area contributed by atoms with Gasteiger partial charge in [0.25, 0.3) is 5.91 Å². The number of nitrogens with zero attached hydrogens (tertiary/aromatic N) is 1. The minimum Gasteiger partial charge on any atom is -0.496 e. The topological polar surface area (TPSA) is 85.3 Å². The summed E-state index contributed by atoms with van der Waals surface area (Å²) in [4.78, 5) is 27.2. The number of carboxylic acid groups (broad SMARTS) is 1. The molecular weight excluding hydrogens is 470 g/mol. The molecule has 0 bridgehead atoms. The van der Waals surface area contributed by atoms with Gasteiger partial charge < -0.3 is 24.2 Å². The van der Waals surface area contributed by atoms with Gasteiger partial charge in [-0.25, -0.2) is 4.79 Å². The minimum atomic E-state index is -1.05. The highest BCUT2D eigenvalue weighted by Gasteiger charge is 2.43. The highest BCUT2D eigenvalue weighted by Crippen LogP contribution is 2.41. The van der Waals surface area contributed by atoms with E-state index in [1.807, 2.05) is 24.3 Å². The molecule has 1 aliphatic heterocycles. The number of aliphatic carboxylic acids is 1. The second-order valence-electron chi connectivity index (χ2n) is 8.17. The summed E-state index contributed by atoms with van der Waals surface area (Å²) >= 11 is 6.41. The number of methoxy groups -OCH3 is 3. The van der Waals surface area contributed by atoms with Crippen LogP contribution < -0.4 is 14.2 Å². The number of ether oxygens (including phenoxy) is 3. The monoisotopic (exact) mass is 495 g/mol. The number of halogens is 1. The van der Waals surface area contributed by atoms with Gasteiger partial charge in [0.15, 0.2) is 11.5 Å². The van der Waals surface area contributed by atoms with Crippen LogP contribution in [0.2, 0.25) is 5.02 Å². The summed E-state index contributed by atoms with van der Waals surface area (Å²) in [6, 6.07) is 16.5. The summed E-state index contributed by atoms with van der Waals surface area (Å²) < 4.78 is 16.3. The molecule has 0 aromatic heterocycles. The molecule has 1 heterocycles. The molecule has 0 radical (unpaired) electrons. The van der Waals surface area contributed by atoms with Crippen molar-refractivity contribution < 1.29 is 28.9 Å². The van der Waals surface area contributed by atoms with E-state index >= 15 is 0 Å². The van der Waals surface area contributed by atoms with Crippen LogP contribution in [0.1, 0.15) is 34.8 Å². The Morgan fingerprint density at radius 1 is 0.857 bits per heavy atom. The molecule has 1 aliphatic rings. The van der Waals surface area contributed by atoms with Crippen molar-refractivity contribution in [2.75, 3.05) is 21.3 Å². The molecule has 0 spiro atoms. The smallest absolute Gasteiger partial charge is 0.326 e. The zero-order chi connectivity index (χ0) is 25.1. The van der Waals surface area contributed by atoms with Crippen LogP contribution in [-0.2, 0) is 4.79 Å². The molecule has 0 saturated carbocycles. The van der Waals surface area contributed by atoms with Crippen LogP contribution in [-0.4, -0.2) is 49.3 Å². The average molecular weight is 496 g/mol. The van der Waals surface area contributed by atoms with E-state index in [1.165, 1.54) is 12.0 Å². The van der Waals surface area contributed by atoms with Crippen molar-refractivity contribution in [2.24, 2.45) is 0 Å². The molecule has 1 saturated heterocycles. The van der Waals surface area contributed by atoms with Crippen molar-refractivity contribution in [1.82, 2.24) is 4.90 Å². The van der Waals surface area contributed by atoms with Gasteiger partial charge in [0.05, 0.1) is 32.9 Å². The normalized spacial score (nSPS) is 17.2. The number of carbonyl (C=O) groups excluding carboxylic acids is 1. The number of hydrogen-bond acceptors (Lipinski definition) is 5. The standard InChI is InChI=1S/C27H26ClNO6/c1-33-23-13-9-17(15-25(23)35-3)16-8-10-19(24(14-16)34-2)26(30)29-21(11-12-22(29)27(31)32)18-6-4-5-7-20(18)28/h4-10,13-15,21-22H,11-12H2,1-3H3,(H,31,32)/t21-,22+/m1/s1. The highest BCUT2D eigenvalue weighted by atomic mass is 35.5. The van der Waals surface area contributed by atoms with Crippen LogP contribution >= 0.6 is 11.6 Å². The number of carboxylic acids is 1. The van der Waals surface area contributed by atoms with Crippen LogP contribution in [0.4, 0.5) is 0 Å². The number of benzene rings is 3. The van der Waals surface area contributed by atoms with Gasteiger partial charge in [-0.3, -0.25) is 4.79 Å². The van der Waals surface area contributed by atoms with Gasteiger partial charge >= 0.3 is 5.97 Å².